The van der Waals surface area contributed by atoms with Gasteiger partial charge < -0.3 is 10.4 Å². The average Bonchev–Trinajstić information content (AvgIpc) is 2.41. The van der Waals surface area contributed by atoms with Crippen LogP contribution in [0.2, 0.25) is 0 Å². The minimum Gasteiger partial charge on any atom is -0.478 e. The van der Waals surface area contributed by atoms with E-state index >= 15 is 0 Å². The van der Waals surface area contributed by atoms with Gasteiger partial charge in [0, 0.05) is 5.69 Å². The van der Waals surface area contributed by atoms with Gasteiger partial charge in [-0.1, -0.05) is 12.1 Å². The number of amides is 1. The lowest BCUT2D eigenvalue weighted by Crippen LogP contribution is -2.15. The molecule has 0 heterocycles. The smallest absolute Gasteiger partial charge is 0.338 e. The van der Waals surface area contributed by atoms with Crippen LogP contribution in [-0.4, -0.2) is 17.0 Å². The van der Waals surface area contributed by atoms with Crippen molar-refractivity contribution >= 4 is 17.6 Å². The van der Waals surface area contributed by atoms with Crippen molar-refractivity contribution in [1.82, 2.24) is 0 Å². The van der Waals surface area contributed by atoms with E-state index in [1.165, 1.54) is 30.3 Å². The lowest BCUT2D eigenvalue weighted by Gasteiger charge is -2.06. The first-order chi connectivity index (χ1) is 9.95. The average molecular weight is 291 g/mol. The van der Waals surface area contributed by atoms with E-state index in [1.54, 1.807) is 0 Å². The topological polar surface area (TPSA) is 66.4 Å². The normalized spacial score (nSPS) is 10.2. The summed E-state index contributed by atoms with van der Waals surface area (Å²) in [5.74, 6) is -3.12. The number of carboxylic acids is 1. The fourth-order valence-electron chi connectivity index (χ4n) is 1.76. The number of carbonyl (C=O) groups is 2. The fourth-order valence-corrected chi connectivity index (χ4v) is 1.76. The third-order valence-corrected chi connectivity index (χ3v) is 2.76. The predicted octanol–water partition coefficient (Wildman–Crippen LogP) is 2.84. The van der Waals surface area contributed by atoms with Crippen LogP contribution < -0.4 is 5.32 Å². The standard InChI is InChI=1S/C15H11F2NO3/c16-10-3-1-9(2-4-10)7-14(19)18-11-5-6-12(15(20)21)13(17)8-11/h1-6,8H,7H2,(H,18,19)(H,20,21). The zero-order valence-electron chi connectivity index (χ0n) is 10.8. The van der Waals surface area contributed by atoms with Crippen molar-refractivity contribution in [1.29, 1.82) is 0 Å². The molecule has 6 heteroatoms. The summed E-state index contributed by atoms with van der Waals surface area (Å²) in [5.41, 5.74) is 0.299. The summed E-state index contributed by atoms with van der Waals surface area (Å²) >= 11 is 0. The van der Waals surface area contributed by atoms with Gasteiger partial charge in [0.1, 0.15) is 11.6 Å². The molecule has 0 atom stereocenters. The highest BCUT2D eigenvalue weighted by Gasteiger charge is 2.11. The Hall–Kier alpha value is -2.76. The Bertz CT molecular complexity index is 684. The molecule has 0 radical (unpaired) electrons. The van der Waals surface area contributed by atoms with Crippen LogP contribution in [0.3, 0.4) is 0 Å². The summed E-state index contributed by atoms with van der Waals surface area (Å²) in [6.45, 7) is 0. The predicted molar refractivity (Wildman–Crippen MR) is 72.1 cm³/mol. The summed E-state index contributed by atoms with van der Waals surface area (Å²) < 4.78 is 26.2. The molecule has 108 valence electrons. The minimum absolute atomic E-state index is 0.00256. The molecule has 0 aromatic heterocycles. The molecule has 0 aliphatic heterocycles. The van der Waals surface area contributed by atoms with E-state index in [1.807, 2.05) is 0 Å². The van der Waals surface area contributed by atoms with E-state index in [4.69, 9.17) is 5.11 Å². The zero-order chi connectivity index (χ0) is 15.4. The number of nitrogens with one attached hydrogen (secondary N) is 1. The first kappa shape index (κ1) is 14.6. The highest BCUT2D eigenvalue weighted by atomic mass is 19.1. The number of carboxylic acid groups (broad SMARTS) is 1. The highest BCUT2D eigenvalue weighted by Crippen LogP contribution is 2.15. The monoisotopic (exact) mass is 291 g/mol. The molecule has 2 aromatic rings. The summed E-state index contributed by atoms with van der Waals surface area (Å²) in [5, 5.41) is 11.1. The molecular weight excluding hydrogens is 280 g/mol. The third kappa shape index (κ3) is 3.85. The van der Waals surface area contributed by atoms with Crippen LogP contribution in [0.15, 0.2) is 42.5 Å². The largest absolute Gasteiger partial charge is 0.478 e. The van der Waals surface area contributed by atoms with Gasteiger partial charge in [-0.25, -0.2) is 13.6 Å². The maximum atomic E-state index is 13.4. The van der Waals surface area contributed by atoms with E-state index in [2.05, 4.69) is 5.32 Å². The van der Waals surface area contributed by atoms with Gasteiger partial charge in [0.25, 0.3) is 0 Å². The van der Waals surface area contributed by atoms with Gasteiger partial charge in [-0.3, -0.25) is 4.79 Å². The Balaban J connectivity index is 2.04. The van der Waals surface area contributed by atoms with Gasteiger partial charge in [-0.05, 0) is 35.9 Å². The zero-order valence-corrected chi connectivity index (χ0v) is 10.8. The van der Waals surface area contributed by atoms with Crippen molar-refractivity contribution < 1.29 is 23.5 Å². The molecule has 0 aliphatic carbocycles. The van der Waals surface area contributed by atoms with E-state index in [0.29, 0.717) is 5.56 Å². The number of hydrogen-bond donors (Lipinski definition) is 2. The molecule has 0 unspecified atom stereocenters. The number of hydrogen-bond acceptors (Lipinski definition) is 2. The Morgan fingerprint density at radius 3 is 2.29 bits per heavy atom. The fraction of sp³-hybridized carbons (Fsp3) is 0.0667. The van der Waals surface area contributed by atoms with Crippen LogP contribution in [0.1, 0.15) is 15.9 Å². The van der Waals surface area contributed by atoms with Crippen molar-refractivity contribution in [3.8, 4) is 0 Å². The van der Waals surface area contributed by atoms with Gasteiger partial charge in [-0.2, -0.15) is 0 Å². The Kier molecular flexibility index (Phi) is 4.27. The second kappa shape index (κ2) is 6.13. The summed E-state index contributed by atoms with van der Waals surface area (Å²) in [7, 11) is 0. The van der Waals surface area contributed by atoms with Crippen molar-refractivity contribution in [2.75, 3.05) is 5.32 Å². The first-order valence-electron chi connectivity index (χ1n) is 6.03. The lowest BCUT2D eigenvalue weighted by molar-refractivity contribution is -0.115. The SMILES string of the molecule is O=C(Cc1ccc(F)cc1)Nc1ccc(C(=O)O)c(F)c1. The summed E-state index contributed by atoms with van der Waals surface area (Å²) in [6.07, 6.45) is 0.00256. The molecule has 21 heavy (non-hydrogen) atoms. The molecule has 0 fully saturated rings. The molecule has 2 aromatic carbocycles. The van der Waals surface area contributed by atoms with E-state index in [9.17, 15) is 18.4 Å². The van der Waals surface area contributed by atoms with Crippen LogP contribution in [-0.2, 0) is 11.2 Å². The van der Waals surface area contributed by atoms with Crippen molar-refractivity contribution in [3.05, 3.63) is 65.2 Å². The van der Waals surface area contributed by atoms with E-state index in [0.717, 1.165) is 12.1 Å². The number of halogens is 2. The number of carbonyl (C=O) groups excluding carboxylic acids is 1. The van der Waals surface area contributed by atoms with Gasteiger partial charge in [0.15, 0.2) is 0 Å². The van der Waals surface area contributed by atoms with Crippen LogP contribution >= 0.6 is 0 Å². The second-order valence-corrected chi connectivity index (χ2v) is 4.35. The van der Waals surface area contributed by atoms with Gasteiger partial charge in [0.2, 0.25) is 5.91 Å². The third-order valence-electron chi connectivity index (χ3n) is 2.76. The van der Waals surface area contributed by atoms with Crippen molar-refractivity contribution in [2.45, 2.75) is 6.42 Å². The van der Waals surface area contributed by atoms with Gasteiger partial charge >= 0.3 is 5.97 Å². The second-order valence-electron chi connectivity index (χ2n) is 4.35. The first-order valence-corrected chi connectivity index (χ1v) is 6.03. The minimum atomic E-state index is -1.38. The maximum Gasteiger partial charge on any atom is 0.338 e. The lowest BCUT2D eigenvalue weighted by atomic mass is 10.1. The van der Waals surface area contributed by atoms with Crippen LogP contribution in [0, 0.1) is 11.6 Å². The van der Waals surface area contributed by atoms with E-state index < -0.39 is 29.1 Å². The van der Waals surface area contributed by atoms with E-state index in [-0.39, 0.29) is 12.1 Å². The highest BCUT2D eigenvalue weighted by molar-refractivity contribution is 5.93. The molecular formula is C15H11F2NO3. The number of rotatable bonds is 4. The molecule has 0 aliphatic rings. The number of anilines is 1. The molecule has 0 spiro atoms. The maximum absolute atomic E-state index is 13.4. The molecule has 0 saturated carbocycles. The Morgan fingerprint density at radius 2 is 1.71 bits per heavy atom. The summed E-state index contributed by atoms with van der Waals surface area (Å²) in [6, 6.07) is 8.74. The van der Waals surface area contributed by atoms with Crippen LogP contribution in [0.4, 0.5) is 14.5 Å². The van der Waals surface area contributed by atoms with Crippen LogP contribution in [0.25, 0.3) is 0 Å². The molecule has 4 nitrogen and oxygen atoms in total. The Labute approximate surface area is 119 Å². The van der Waals surface area contributed by atoms with Gasteiger partial charge in [0.05, 0.1) is 12.0 Å². The molecule has 0 bridgehead atoms. The molecule has 1 amide bonds. The Morgan fingerprint density at radius 1 is 1.05 bits per heavy atom. The number of benzene rings is 2. The van der Waals surface area contributed by atoms with Crippen molar-refractivity contribution in [3.63, 3.8) is 0 Å². The number of aromatic carboxylic acids is 1. The molecule has 2 N–H and O–H groups in total. The molecule has 2 rings (SSSR count). The van der Waals surface area contributed by atoms with Crippen LogP contribution in [0.5, 0.6) is 0 Å². The van der Waals surface area contributed by atoms with Gasteiger partial charge in [-0.15, -0.1) is 0 Å². The summed E-state index contributed by atoms with van der Waals surface area (Å²) in [4.78, 5) is 22.4. The van der Waals surface area contributed by atoms with Crippen molar-refractivity contribution in [2.24, 2.45) is 0 Å². The molecule has 0 saturated heterocycles. The quantitative estimate of drug-likeness (QED) is 0.910.